The smallest absolute Gasteiger partial charge is 0.322 e. The third kappa shape index (κ3) is 5.73. The van der Waals surface area contributed by atoms with Crippen molar-refractivity contribution in [3.05, 3.63) is 30.1 Å². The number of rotatable bonds is 7. The maximum atomic E-state index is 13.0. The highest BCUT2D eigenvalue weighted by atomic mass is 32.2. The first-order valence-electron chi connectivity index (χ1n) is 8.22. The first-order chi connectivity index (χ1) is 12.7. The van der Waals surface area contributed by atoms with E-state index in [1.54, 1.807) is 0 Å². The summed E-state index contributed by atoms with van der Waals surface area (Å²) < 4.78 is 39.2. The highest BCUT2D eigenvalue weighted by molar-refractivity contribution is 7.89. The number of amides is 2. The molecule has 1 fully saturated rings. The third-order valence-corrected chi connectivity index (χ3v) is 5.96. The van der Waals surface area contributed by atoms with Crippen molar-refractivity contribution < 1.29 is 32.3 Å². The van der Waals surface area contributed by atoms with Crippen LogP contribution in [0.5, 0.6) is 0 Å². The van der Waals surface area contributed by atoms with Gasteiger partial charge in [0, 0.05) is 39.0 Å². The molecule has 1 aromatic carbocycles. The molecule has 0 spiro atoms. The lowest BCUT2D eigenvalue weighted by atomic mass is 10.2. The van der Waals surface area contributed by atoms with Gasteiger partial charge in [-0.3, -0.25) is 14.4 Å². The molecule has 0 saturated carbocycles. The summed E-state index contributed by atoms with van der Waals surface area (Å²) in [4.78, 5) is 35.4. The van der Waals surface area contributed by atoms with Crippen molar-refractivity contribution in [1.82, 2.24) is 14.5 Å². The lowest BCUT2D eigenvalue weighted by Gasteiger charge is -2.34. The standard InChI is InChI=1S/C16H20FN3O6S/c17-12-1-3-13(4-2-12)27(25,26)20-9-7-19(8-10-20)15(22)6-5-14(21)18-11-16(23)24/h1-4H,5-11H2,(H,18,21)(H,23,24). The van der Waals surface area contributed by atoms with Crippen LogP contribution in [0.25, 0.3) is 0 Å². The van der Waals surface area contributed by atoms with Crippen LogP contribution in [0.1, 0.15) is 12.8 Å². The topological polar surface area (TPSA) is 124 Å². The molecule has 1 aromatic rings. The Bertz CT molecular complexity index is 804. The summed E-state index contributed by atoms with van der Waals surface area (Å²) in [5.41, 5.74) is 0. The molecule has 1 saturated heterocycles. The first-order valence-corrected chi connectivity index (χ1v) is 9.66. The van der Waals surface area contributed by atoms with Crippen molar-refractivity contribution >= 4 is 27.8 Å². The zero-order valence-corrected chi connectivity index (χ0v) is 15.2. The second-order valence-electron chi connectivity index (χ2n) is 5.91. The Hall–Kier alpha value is -2.53. The predicted molar refractivity (Wildman–Crippen MR) is 91.6 cm³/mol. The maximum absolute atomic E-state index is 13.0. The lowest BCUT2D eigenvalue weighted by molar-refractivity contribution is -0.138. The van der Waals surface area contributed by atoms with Gasteiger partial charge in [-0.1, -0.05) is 0 Å². The SMILES string of the molecule is O=C(O)CNC(=O)CCC(=O)N1CCN(S(=O)(=O)c2ccc(F)cc2)CC1. The number of nitrogens with zero attached hydrogens (tertiary/aromatic N) is 2. The summed E-state index contributed by atoms with van der Waals surface area (Å²) in [6.45, 7) is 0.0340. The van der Waals surface area contributed by atoms with Crippen LogP contribution in [-0.2, 0) is 24.4 Å². The number of nitrogens with one attached hydrogen (secondary N) is 1. The molecule has 0 bridgehead atoms. The zero-order valence-electron chi connectivity index (χ0n) is 14.4. The number of sulfonamides is 1. The number of carboxylic acid groups (broad SMARTS) is 1. The van der Waals surface area contributed by atoms with Gasteiger partial charge in [0.15, 0.2) is 0 Å². The Balaban J connectivity index is 1.83. The molecule has 0 atom stereocenters. The normalized spacial score (nSPS) is 15.4. The number of halogens is 1. The van der Waals surface area contributed by atoms with E-state index < -0.39 is 34.3 Å². The molecular weight excluding hydrogens is 381 g/mol. The van der Waals surface area contributed by atoms with Gasteiger partial charge in [-0.15, -0.1) is 0 Å². The molecule has 9 nitrogen and oxygen atoms in total. The fraction of sp³-hybridized carbons (Fsp3) is 0.438. The van der Waals surface area contributed by atoms with E-state index in [1.807, 2.05) is 0 Å². The van der Waals surface area contributed by atoms with E-state index in [-0.39, 0.29) is 49.8 Å². The first kappa shape index (κ1) is 20.8. The van der Waals surface area contributed by atoms with Gasteiger partial charge in [0.25, 0.3) is 0 Å². The summed E-state index contributed by atoms with van der Waals surface area (Å²) >= 11 is 0. The molecule has 0 unspecified atom stereocenters. The van der Waals surface area contributed by atoms with Gasteiger partial charge in [0.05, 0.1) is 4.90 Å². The van der Waals surface area contributed by atoms with Gasteiger partial charge in [-0.25, -0.2) is 12.8 Å². The zero-order chi connectivity index (χ0) is 20.0. The van der Waals surface area contributed by atoms with E-state index in [4.69, 9.17) is 5.11 Å². The van der Waals surface area contributed by atoms with E-state index in [0.717, 1.165) is 12.1 Å². The van der Waals surface area contributed by atoms with Crippen LogP contribution in [0.4, 0.5) is 4.39 Å². The number of piperazine rings is 1. The molecule has 0 aromatic heterocycles. The van der Waals surface area contributed by atoms with Gasteiger partial charge < -0.3 is 15.3 Å². The Morgan fingerprint density at radius 3 is 2.19 bits per heavy atom. The number of hydrogen-bond donors (Lipinski definition) is 2. The molecule has 2 amide bonds. The molecule has 11 heteroatoms. The molecule has 2 N–H and O–H groups in total. The van der Waals surface area contributed by atoms with Crippen LogP contribution in [-0.4, -0.2) is 73.2 Å². The fourth-order valence-electron chi connectivity index (χ4n) is 2.57. The maximum Gasteiger partial charge on any atom is 0.322 e. The molecule has 2 rings (SSSR count). The van der Waals surface area contributed by atoms with E-state index >= 15 is 0 Å². The Kier molecular flexibility index (Phi) is 6.86. The van der Waals surface area contributed by atoms with Crippen molar-refractivity contribution in [2.75, 3.05) is 32.7 Å². The van der Waals surface area contributed by atoms with Crippen LogP contribution in [0, 0.1) is 5.82 Å². The van der Waals surface area contributed by atoms with Crippen molar-refractivity contribution in [1.29, 1.82) is 0 Å². The largest absolute Gasteiger partial charge is 0.480 e. The molecule has 0 radical (unpaired) electrons. The average molecular weight is 401 g/mol. The van der Waals surface area contributed by atoms with Crippen LogP contribution in [0.15, 0.2) is 29.2 Å². The number of benzene rings is 1. The number of hydrogen-bond acceptors (Lipinski definition) is 5. The van der Waals surface area contributed by atoms with Crippen molar-refractivity contribution in [2.45, 2.75) is 17.7 Å². The summed E-state index contributed by atoms with van der Waals surface area (Å²) in [5, 5.41) is 10.6. The van der Waals surface area contributed by atoms with E-state index in [2.05, 4.69) is 5.32 Å². The van der Waals surface area contributed by atoms with Gasteiger partial charge in [0.1, 0.15) is 12.4 Å². The highest BCUT2D eigenvalue weighted by Crippen LogP contribution is 2.18. The Morgan fingerprint density at radius 1 is 1.04 bits per heavy atom. The molecule has 148 valence electrons. The quantitative estimate of drug-likeness (QED) is 0.643. The highest BCUT2D eigenvalue weighted by Gasteiger charge is 2.30. The molecule has 1 aliphatic heterocycles. The summed E-state index contributed by atoms with van der Waals surface area (Å²) in [6.07, 6.45) is -0.226. The number of carboxylic acids is 1. The number of carbonyl (C=O) groups excluding carboxylic acids is 2. The van der Waals surface area contributed by atoms with Gasteiger partial charge in [-0.05, 0) is 24.3 Å². The Labute approximate surface area is 155 Å². The van der Waals surface area contributed by atoms with Crippen LogP contribution < -0.4 is 5.32 Å². The number of carbonyl (C=O) groups is 3. The van der Waals surface area contributed by atoms with Gasteiger partial charge in [0.2, 0.25) is 21.8 Å². The predicted octanol–water partition coefficient (Wildman–Crippen LogP) is -0.360. The van der Waals surface area contributed by atoms with Crippen LogP contribution >= 0.6 is 0 Å². The average Bonchev–Trinajstić information content (AvgIpc) is 2.64. The van der Waals surface area contributed by atoms with Crippen molar-refractivity contribution in [3.63, 3.8) is 0 Å². The van der Waals surface area contributed by atoms with Gasteiger partial charge in [-0.2, -0.15) is 4.31 Å². The fourth-order valence-corrected chi connectivity index (χ4v) is 4.00. The summed E-state index contributed by atoms with van der Waals surface area (Å²) in [7, 11) is -3.76. The van der Waals surface area contributed by atoms with Crippen LogP contribution in [0.3, 0.4) is 0 Å². The third-order valence-electron chi connectivity index (χ3n) is 4.05. The molecule has 1 aliphatic rings. The minimum atomic E-state index is -3.76. The van der Waals surface area contributed by atoms with Gasteiger partial charge >= 0.3 is 5.97 Å². The van der Waals surface area contributed by atoms with E-state index in [1.165, 1.54) is 21.3 Å². The van der Waals surface area contributed by atoms with E-state index in [0.29, 0.717) is 0 Å². The van der Waals surface area contributed by atoms with Crippen molar-refractivity contribution in [3.8, 4) is 0 Å². The minimum Gasteiger partial charge on any atom is -0.480 e. The Morgan fingerprint density at radius 2 is 1.63 bits per heavy atom. The molecule has 27 heavy (non-hydrogen) atoms. The van der Waals surface area contributed by atoms with E-state index in [9.17, 15) is 27.2 Å². The molecule has 0 aliphatic carbocycles. The van der Waals surface area contributed by atoms with Crippen LogP contribution in [0.2, 0.25) is 0 Å². The number of aliphatic carboxylic acids is 1. The second-order valence-corrected chi connectivity index (χ2v) is 7.85. The second kappa shape index (κ2) is 8.91. The molecule has 1 heterocycles. The minimum absolute atomic E-state index is 0.0150. The lowest BCUT2D eigenvalue weighted by Crippen LogP contribution is -2.50. The monoisotopic (exact) mass is 401 g/mol. The van der Waals surface area contributed by atoms with Crippen molar-refractivity contribution in [2.24, 2.45) is 0 Å². The summed E-state index contributed by atoms with van der Waals surface area (Å²) in [5.74, 6) is -2.55. The summed E-state index contributed by atoms with van der Waals surface area (Å²) in [6, 6.07) is 4.53. The molecular formula is C16H20FN3O6S.